The van der Waals surface area contributed by atoms with Crippen molar-refractivity contribution in [3.63, 3.8) is 0 Å². The quantitative estimate of drug-likeness (QED) is 0.720. The van der Waals surface area contributed by atoms with Crippen molar-refractivity contribution >= 4 is 34.2 Å². The fraction of sp³-hybridized carbons (Fsp3) is 0.562. The highest BCUT2D eigenvalue weighted by Gasteiger charge is 2.26. The lowest BCUT2D eigenvalue weighted by molar-refractivity contribution is -0.117. The molecule has 1 aromatic rings. The lowest BCUT2D eigenvalue weighted by atomic mass is 10.1. The molecule has 0 spiro atoms. The molecule has 134 valence electrons. The van der Waals surface area contributed by atoms with Gasteiger partial charge in [-0.1, -0.05) is 13.3 Å². The highest BCUT2D eigenvalue weighted by Crippen LogP contribution is 2.34. The first-order valence-electron chi connectivity index (χ1n) is 7.64. The molecule has 0 aliphatic heterocycles. The molecule has 24 heavy (non-hydrogen) atoms. The number of hydrogen-bond acceptors (Lipinski definition) is 7. The third kappa shape index (κ3) is 5.04. The lowest BCUT2D eigenvalue weighted by Crippen LogP contribution is -2.31. The number of amides is 1. The number of carbonyl (C=O) groups is 3. The Balaban J connectivity index is 2.99. The standard InChI is InChI=1S/C16H24N2O5S/c1-6-7-8-18(3)9-11(19)17-14-12(15(20)22-4)10(2)13(24-14)16(21)23-5/h6-9H2,1-5H3,(H,17,19). The van der Waals surface area contributed by atoms with Gasteiger partial charge in [-0.3, -0.25) is 9.69 Å². The average Bonchev–Trinajstić information content (AvgIpc) is 2.87. The van der Waals surface area contributed by atoms with Gasteiger partial charge in [0, 0.05) is 0 Å². The Labute approximate surface area is 145 Å². The molecule has 1 aromatic heterocycles. The summed E-state index contributed by atoms with van der Waals surface area (Å²) in [5, 5.41) is 3.00. The molecule has 0 aromatic carbocycles. The maximum absolute atomic E-state index is 12.2. The van der Waals surface area contributed by atoms with Crippen LogP contribution >= 0.6 is 11.3 Å². The van der Waals surface area contributed by atoms with Crippen molar-refractivity contribution < 1.29 is 23.9 Å². The summed E-state index contributed by atoms with van der Waals surface area (Å²) in [5.41, 5.74) is 0.626. The molecule has 0 radical (unpaired) electrons. The monoisotopic (exact) mass is 356 g/mol. The Morgan fingerprint density at radius 1 is 1.17 bits per heavy atom. The van der Waals surface area contributed by atoms with E-state index in [1.54, 1.807) is 6.92 Å². The number of likely N-dealkylation sites (N-methyl/N-ethyl adjacent to an activating group) is 1. The number of nitrogens with one attached hydrogen (secondary N) is 1. The first-order valence-corrected chi connectivity index (χ1v) is 8.45. The van der Waals surface area contributed by atoms with E-state index in [1.165, 1.54) is 14.2 Å². The zero-order valence-corrected chi connectivity index (χ0v) is 15.5. The van der Waals surface area contributed by atoms with Crippen LogP contribution in [0.25, 0.3) is 0 Å². The molecule has 0 bridgehead atoms. The number of hydrogen-bond donors (Lipinski definition) is 1. The van der Waals surface area contributed by atoms with E-state index >= 15 is 0 Å². The minimum Gasteiger partial charge on any atom is -0.465 e. The van der Waals surface area contributed by atoms with Gasteiger partial charge >= 0.3 is 11.9 Å². The fourth-order valence-electron chi connectivity index (χ4n) is 2.16. The van der Waals surface area contributed by atoms with Gasteiger partial charge in [0.2, 0.25) is 5.91 Å². The summed E-state index contributed by atoms with van der Waals surface area (Å²) < 4.78 is 9.47. The smallest absolute Gasteiger partial charge is 0.348 e. The summed E-state index contributed by atoms with van der Waals surface area (Å²) in [6, 6.07) is 0. The molecule has 1 N–H and O–H groups in total. The van der Waals surface area contributed by atoms with Crippen molar-refractivity contribution in [2.45, 2.75) is 26.7 Å². The topological polar surface area (TPSA) is 84.9 Å². The van der Waals surface area contributed by atoms with Gasteiger partial charge in [-0.25, -0.2) is 9.59 Å². The second kappa shape index (κ2) is 9.39. The Morgan fingerprint density at radius 3 is 2.33 bits per heavy atom. The van der Waals surface area contributed by atoms with E-state index < -0.39 is 11.9 Å². The van der Waals surface area contributed by atoms with Crippen molar-refractivity contribution in [3.05, 3.63) is 16.0 Å². The molecule has 0 saturated heterocycles. The van der Waals surface area contributed by atoms with Crippen LogP contribution in [0.15, 0.2) is 0 Å². The van der Waals surface area contributed by atoms with Crippen LogP contribution in [0.2, 0.25) is 0 Å². The molecule has 0 aliphatic rings. The highest BCUT2D eigenvalue weighted by molar-refractivity contribution is 7.18. The number of thiophene rings is 1. The summed E-state index contributed by atoms with van der Waals surface area (Å²) in [6.45, 7) is 4.72. The third-order valence-corrected chi connectivity index (χ3v) is 4.65. The number of nitrogens with zero attached hydrogens (tertiary/aromatic N) is 1. The maximum atomic E-state index is 12.2. The van der Waals surface area contributed by atoms with E-state index in [4.69, 9.17) is 9.47 Å². The highest BCUT2D eigenvalue weighted by atomic mass is 32.1. The van der Waals surface area contributed by atoms with Gasteiger partial charge in [0.1, 0.15) is 9.88 Å². The molecule has 0 unspecified atom stereocenters. The summed E-state index contributed by atoms with van der Waals surface area (Å²) in [4.78, 5) is 38.2. The van der Waals surface area contributed by atoms with Crippen LogP contribution < -0.4 is 5.32 Å². The zero-order chi connectivity index (χ0) is 18.3. The van der Waals surface area contributed by atoms with E-state index in [1.807, 2.05) is 11.9 Å². The molecule has 7 nitrogen and oxygen atoms in total. The van der Waals surface area contributed by atoms with Crippen LogP contribution in [0.4, 0.5) is 5.00 Å². The molecular weight excluding hydrogens is 332 g/mol. The van der Waals surface area contributed by atoms with Crippen LogP contribution in [0.5, 0.6) is 0 Å². The SMILES string of the molecule is CCCCN(C)CC(=O)Nc1sc(C(=O)OC)c(C)c1C(=O)OC. The molecule has 0 atom stereocenters. The summed E-state index contributed by atoms with van der Waals surface area (Å²) in [5.74, 6) is -1.41. The van der Waals surface area contributed by atoms with Crippen LogP contribution in [-0.2, 0) is 14.3 Å². The van der Waals surface area contributed by atoms with Crippen molar-refractivity contribution in [1.82, 2.24) is 4.90 Å². The minimum absolute atomic E-state index is 0.187. The molecule has 1 rings (SSSR count). The summed E-state index contributed by atoms with van der Waals surface area (Å²) >= 11 is 1.01. The van der Waals surface area contributed by atoms with E-state index in [2.05, 4.69) is 12.2 Å². The minimum atomic E-state index is -0.603. The van der Waals surface area contributed by atoms with Gasteiger partial charge in [-0.05, 0) is 32.5 Å². The number of unbranched alkanes of at least 4 members (excludes halogenated alkanes) is 1. The molecule has 1 heterocycles. The Hall–Kier alpha value is -1.93. The molecule has 0 fully saturated rings. The van der Waals surface area contributed by atoms with E-state index in [-0.39, 0.29) is 22.9 Å². The number of anilines is 1. The number of carbonyl (C=O) groups excluding carboxylic acids is 3. The van der Waals surface area contributed by atoms with Crippen molar-refractivity contribution in [1.29, 1.82) is 0 Å². The Bertz CT molecular complexity index is 612. The predicted molar refractivity (Wildman–Crippen MR) is 92.8 cm³/mol. The Kier molecular flexibility index (Phi) is 7.87. The van der Waals surface area contributed by atoms with Gasteiger partial charge < -0.3 is 14.8 Å². The number of rotatable bonds is 8. The summed E-state index contributed by atoms with van der Waals surface area (Å²) in [7, 11) is 4.37. The van der Waals surface area contributed by atoms with Crippen LogP contribution in [0.1, 0.15) is 45.4 Å². The predicted octanol–water partition coefficient (Wildman–Crippen LogP) is 2.30. The zero-order valence-electron chi connectivity index (χ0n) is 14.7. The largest absolute Gasteiger partial charge is 0.465 e. The number of esters is 2. The molecular formula is C16H24N2O5S. The van der Waals surface area contributed by atoms with E-state index in [0.29, 0.717) is 10.6 Å². The van der Waals surface area contributed by atoms with E-state index in [9.17, 15) is 14.4 Å². The fourth-order valence-corrected chi connectivity index (χ4v) is 3.28. The van der Waals surface area contributed by atoms with Gasteiger partial charge in [-0.2, -0.15) is 0 Å². The average molecular weight is 356 g/mol. The second-order valence-corrected chi connectivity index (χ2v) is 6.40. The maximum Gasteiger partial charge on any atom is 0.348 e. The molecule has 0 aliphatic carbocycles. The van der Waals surface area contributed by atoms with Crippen LogP contribution in [-0.4, -0.2) is 57.1 Å². The van der Waals surface area contributed by atoms with E-state index in [0.717, 1.165) is 30.7 Å². The molecule has 8 heteroatoms. The first kappa shape index (κ1) is 20.1. The van der Waals surface area contributed by atoms with Gasteiger partial charge in [0.15, 0.2) is 0 Å². The van der Waals surface area contributed by atoms with Gasteiger partial charge in [0.25, 0.3) is 0 Å². The first-order chi connectivity index (χ1) is 11.3. The van der Waals surface area contributed by atoms with Crippen molar-refractivity contribution in [3.8, 4) is 0 Å². The van der Waals surface area contributed by atoms with Crippen molar-refractivity contribution in [2.75, 3.05) is 39.7 Å². The normalized spacial score (nSPS) is 10.6. The molecule has 0 saturated carbocycles. The lowest BCUT2D eigenvalue weighted by Gasteiger charge is -2.15. The number of ether oxygens (including phenoxy) is 2. The second-order valence-electron chi connectivity index (χ2n) is 5.38. The summed E-state index contributed by atoms with van der Waals surface area (Å²) in [6.07, 6.45) is 2.05. The van der Waals surface area contributed by atoms with Crippen LogP contribution in [0.3, 0.4) is 0 Å². The van der Waals surface area contributed by atoms with Crippen LogP contribution in [0, 0.1) is 6.92 Å². The van der Waals surface area contributed by atoms with Gasteiger partial charge in [0.05, 0.1) is 26.3 Å². The molecule has 1 amide bonds. The third-order valence-electron chi connectivity index (χ3n) is 3.47. The van der Waals surface area contributed by atoms with Crippen molar-refractivity contribution in [2.24, 2.45) is 0 Å². The van der Waals surface area contributed by atoms with Gasteiger partial charge in [-0.15, -0.1) is 11.3 Å². The number of methoxy groups -OCH3 is 2. The Morgan fingerprint density at radius 2 is 1.79 bits per heavy atom.